The molecule has 174 valence electrons. The van der Waals surface area contributed by atoms with Gasteiger partial charge in [0.1, 0.15) is 5.75 Å². The molecule has 1 aromatic rings. The number of hydrogen-bond donors (Lipinski definition) is 4. The highest BCUT2D eigenvalue weighted by atomic mass is 16.5. The Morgan fingerprint density at radius 3 is 2.59 bits per heavy atom. The molecule has 1 amide bonds. The number of aliphatic hydroxyl groups excluding tert-OH is 2. The Kier molecular flexibility index (Phi) is 10.4. The monoisotopic (exact) mass is 441 g/mol. The number of ether oxygens (including phenoxy) is 1. The smallest absolute Gasteiger partial charge is 0.227 e. The lowest BCUT2D eigenvalue weighted by molar-refractivity contribution is -0.117. The van der Waals surface area contributed by atoms with Crippen LogP contribution in [0.25, 0.3) is 0 Å². The molecule has 0 aromatic heterocycles. The van der Waals surface area contributed by atoms with Crippen molar-refractivity contribution in [2.24, 2.45) is 5.92 Å². The molecule has 32 heavy (non-hydrogen) atoms. The molecule has 4 N–H and O–H groups in total. The van der Waals surface area contributed by atoms with Crippen molar-refractivity contribution < 1.29 is 24.9 Å². The highest BCUT2D eigenvalue weighted by Crippen LogP contribution is 2.23. The number of allylic oxidation sites excluding steroid dienone is 5. The molecule has 1 aromatic carbocycles. The van der Waals surface area contributed by atoms with Crippen molar-refractivity contribution in [2.45, 2.75) is 57.8 Å². The fraction of sp³-hybridized carbons (Fsp3) is 0.423. The van der Waals surface area contributed by atoms with Crippen molar-refractivity contribution in [3.8, 4) is 5.75 Å². The summed E-state index contributed by atoms with van der Waals surface area (Å²) in [7, 11) is 1.55. The number of aryl methyl sites for hydroxylation is 1. The number of hydrogen-bond acceptors (Lipinski definition) is 5. The topological polar surface area (TPSA) is 99.0 Å². The van der Waals surface area contributed by atoms with E-state index in [0.29, 0.717) is 24.9 Å². The number of aliphatic hydroxyl groups is 2. The number of fused-ring (bicyclic) bond motifs is 2. The summed E-state index contributed by atoms with van der Waals surface area (Å²) in [5, 5.41) is 33.9. The summed E-state index contributed by atoms with van der Waals surface area (Å²) in [4.78, 5) is 12.4. The van der Waals surface area contributed by atoms with Crippen molar-refractivity contribution in [3.05, 3.63) is 71.9 Å². The van der Waals surface area contributed by atoms with Crippen LogP contribution in [0.4, 0.5) is 5.69 Å². The first kappa shape index (κ1) is 25.6. The Balaban J connectivity index is 2.25. The summed E-state index contributed by atoms with van der Waals surface area (Å²) >= 11 is 0. The molecule has 2 rings (SSSR count). The predicted octanol–water partition coefficient (Wildman–Crippen LogP) is 4.04. The van der Waals surface area contributed by atoms with Crippen molar-refractivity contribution in [1.29, 1.82) is 0 Å². The number of anilines is 1. The van der Waals surface area contributed by atoms with Crippen molar-refractivity contribution in [3.63, 3.8) is 0 Å². The van der Waals surface area contributed by atoms with Gasteiger partial charge in [0, 0.05) is 24.8 Å². The summed E-state index contributed by atoms with van der Waals surface area (Å²) < 4.78 is 5.36. The molecular weight excluding hydrogens is 406 g/mol. The number of methoxy groups -OCH3 is 1. The number of benzene rings is 1. The molecule has 0 fully saturated rings. The minimum Gasteiger partial charge on any atom is -0.508 e. The summed E-state index contributed by atoms with van der Waals surface area (Å²) in [6.45, 7) is 3.69. The van der Waals surface area contributed by atoms with E-state index >= 15 is 0 Å². The van der Waals surface area contributed by atoms with Crippen LogP contribution in [0.2, 0.25) is 0 Å². The van der Waals surface area contributed by atoms with Gasteiger partial charge >= 0.3 is 0 Å². The van der Waals surface area contributed by atoms with Crippen molar-refractivity contribution >= 4 is 11.6 Å². The van der Waals surface area contributed by atoms with Gasteiger partial charge in [0.2, 0.25) is 5.91 Å². The van der Waals surface area contributed by atoms with Crippen molar-refractivity contribution in [2.75, 3.05) is 12.4 Å². The second-order valence-electron chi connectivity index (χ2n) is 8.21. The first-order valence-electron chi connectivity index (χ1n) is 11.0. The van der Waals surface area contributed by atoms with Crippen molar-refractivity contribution in [1.82, 2.24) is 0 Å². The zero-order chi connectivity index (χ0) is 23.5. The van der Waals surface area contributed by atoms with E-state index in [0.717, 1.165) is 11.1 Å². The van der Waals surface area contributed by atoms with Gasteiger partial charge in [0.05, 0.1) is 24.7 Å². The number of phenols is 1. The molecule has 0 saturated heterocycles. The first-order chi connectivity index (χ1) is 15.3. The van der Waals surface area contributed by atoms with Crippen LogP contribution >= 0.6 is 0 Å². The zero-order valence-corrected chi connectivity index (χ0v) is 19.1. The Morgan fingerprint density at radius 1 is 1.09 bits per heavy atom. The standard InChI is InChI=1S/C26H35NO5/c1-18-10-9-11-20-14-21(16-22(28)15-20)27-25(30)17-23(32-3)12-7-5-4-6-8-13-24(29)19(2)26(18)31/h4-8,10,12,14-16,19,23-24,26,28-29,31H,9,11,13,17H2,1-3H3,(H,27,30)/b5-4+,8-6+,12-7+,18-10-/t19-,23-,24-,26-/m0/s1. The van der Waals surface area contributed by atoms with E-state index in [2.05, 4.69) is 5.32 Å². The van der Waals surface area contributed by atoms with E-state index in [1.54, 1.807) is 25.3 Å². The van der Waals surface area contributed by atoms with Gasteiger partial charge in [-0.15, -0.1) is 0 Å². The van der Waals surface area contributed by atoms with Crippen LogP contribution in [0.15, 0.2) is 66.3 Å². The van der Waals surface area contributed by atoms with E-state index < -0.39 is 12.2 Å². The molecule has 0 unspecified atom stereocenters. The van der Waals surface area contributed by atoms with Gasteiger partial charge in [0.25, 0.3) is 0 Å². The zero-order valence-electron chi connectivity index (χ0n) is 19.1. The third-order valence-electron chi connectivity index (χ3n) is 5.59. The van der Waals surface area contributed by atoms with Crippen LogP contribution in [0.5, 0.6) is 5.75 Å². The van der Waals surface area contributed by atoms with Gasteiger partial charge in [-0.3, -0.25) is 4.79 Å². The van der Waals surface area contributed by atoms with Crippen LogP contribution < -0.4 is 5.32 Å². The number of amides is 1. The first-order valence-corrected chi connectivity index (χ1v) is 11.0. The summed E-state index contributed by atoms with van der Waals surface area (Å²) in [6, 6.07) is 5.01. The minimum atomic E-state index is -0.740. The molecule has 4 atom stereocenters. The summed E-state index contributed by atoms with van der Waals surface area (Å²) in [5.74, 6) is -0.442. The molecule has 0 radical (unpaired) electrons. The van der Waals surface area contributed by atoms with E-state index in [1.807, 2.05) is 50.3 Å². The van der Waals surface area contributed by atoms with Gasteiger partial charge in [-0.25, -0.2) is 0 Å². The third kappa shape index (κ3) is 8.46. The number of carbonyl (C=O) groups is 1. The number of carbonyl (C=O) groups excluding carboxylic acids is 1. The number of nitrogens with one attached hydrogen (secondary N) is 1. The van der Waals surface area contributed by atoms with E-state index in [9.17, 15) is 20.1 Å². The number of phenolic OH excluding ortho intramolecular Hbond substituents is 1. The van der Waals surface area contributed by atoms with Gasteiger partial charge < -0.3 is 25.4 Å². The molecule has 6 heteroatoms. The molecule has 0 aliphatic carbocycles. The van der Waals surface area contributed by atoms with Crippen LogP contribution in [-0.4, -0.2) is 46.6 Å². The average Bonchev–Trinajstić information content (AvgIpc) is 2.75. The number of aromatic hydroxyl groups is 1. The molecule has 1 aliphatic rings. The SMILES string of the molecule is CO[C@H]1/C=C/C=C/C=C/C[C@H](O)[C@H](C)[C@@H](O)/C(C)=C\CCc2cc(O)cc(c2)NC(=O)C1. The molecular formula is C26H35NO5. The molecule has 0 spiro atoms. The normalized spacial score (nSPS) is 30.8. The van der Waals surface area contributed by atoms with Gasteiger partial charge in [-0.1, -0.05) is 49.5 Å². The Hall–Kier alpha value is -2.67. The molecule has 2 bridgehead atoms. The van der Waals surface area contributed by atoms with Gasteiger partial charge in [-0.05, 0) is 49.5 Å². The van der Waals surface area contributed by atoms with Gasteiger partial charge in [0.15, 0.2) is 0 Å². The minimum absolute atomic E-state index is 0.0782. The van der Waals surface area contributed by atoms with Crippen LogP contribution in [0, 0.1) is 5.92 Å². The van der Waals surface area contributed by atoms with E-state index in [1.165, 1.54) is 6.07 Å². The second kappa shape index (κ2) is 13.0. The van der Waals surface area contributed by atoms with Crippen LogP contribution in [0.1, 0.15) is 38.7 Å². The lowest BCUT2D eigenvalue weighted by atomic mass is 9.90. The van der Waals surface area contributed by atoms with E-state index in [4.69, 9.17) is 4.74 Å². The fourth-order valence-corrected chi connectivity index (χ4v) is 3.56. The number of rotatable bonds is 1. The molecule has 1 heterocycles. The Labute approximate surface area is 190 Å². The average molecular weight is 442 g/mol. The fourth-order valence-electron chi connectivity index (χ4n) is 3.56. The molecule has 6 nitrogen and oxygen atoms in total. The Morgan fingerprint density at radius 2 is 1.84 bits per heavy atom. The lowest BCUT2D eigenvalue weighted by Gasteiger charge is -2.24. The highest BCUT2D eigenvalue weighted by Gasteiger charge is 2.22. The lowest BCUT2D eigenvalue weighted by Crippen LogP contribution is -2.30. The maximum absolute atomic E-state index is 12.4. The summed E-state index contributed by atoms with van der Waals surface area (Å²) in [5.41, 5.74) is 2.20. The van der Waals surface area contributed by atoms with Crippen LogP contribution in [0.3, 0.4) is 0 Å². The highest BCUT2D eigenvalue weighted by molar-refractivity contribution is 5.91. The predicted molar refractivity (Wildman–Crippen MR) is 127 cm³/mol. The van der Waals surface area contributed by atoms with Crippen LogP contribution in [-0.2, 0) is 16.0 Å². The summed E-state index contributed by atoms with van der Waals surface area (Å²) in [6.07, 6.45) is 13.0. The molecule has 0 saturated carbocycles. The van der Waals surface area contributed by atoms with E-state index in [-0.39, 0.29) is 30.1 Å². The quantitative estimate of drug-likeness (QED) is 0.493. The molecule has 1 aliphatic heterocycles. The Bertz CT molecular complexity index is 871. The second-order valence-corrected chi connectivity index (χ2v) is 8.21. The largest absolute Gasteiger partial charge is 0.508 e. The van der Waals surface area contributed by atoms with Gasteiger partial charge in [-0.2, -0.15) is 0 Å². The third-order valence-corrected chi connectivity index (χ3v) is 5.59. The maximum Gasteiger partial charge on any atom is 0.227 e. The maximum atomic E-state index is 12.4.